The minimum absolute atomic E-state index is 0.0813. The zero-order chi connectivity index (χ0) is 15.2. The molecule has 2 aromatic rings. The van der Waals surface area contributed by atoms with Gasteiger partial charge in [0.05, 0.1) is 12.1 Å². The zero-order valence-electron chi connectivity index (χ0n) is 11.6. The summed E-state index contributed by atoms with van der Waals surface area (Å²) in [5.74, 6) is 5.02. The molecule has 0 radical (unpaired) electrons. The molecule has 2 aromatic carbocycles. The van der Waals surface area contributed by atoms with E-state index in [2.05, 4.69) is 11.8 Å². The van der Waals surface area contributed by atoms with Crippen LogP contribution in [0.25, 0.3) is 0 Å². The van der Waals surface area contributed by atoms with Gasteiger partial charge in [-0.25, -0.2) is 8.78 Å². The maximum atomic E-state index is 13.5. The highest BCUT2D eigenvalue weighted by atomic mass is 19.1. The fraction of sp³-hybridized carbons (Fsp3) is 0.176. The molecule has 0 amide bonds. The fourth-order valence-corrected chi connectivity index (χ4v) is 1.84. The van der Waals surface area contributed by atoms with E-state index in [1.807, 2.05) is 6.92 Å². The van der Waals surface area contributed by atoms with Crippen molar-refractivity contribution in [2.45, 2.75) is 13.5 Å². The smallest absolute Gasteiger partial charge is 0.132 e. The Morgan fingerprint density at radius 2 is 1.86 bits per heavy atom. The lowest BCUT2D eigenvalue weighted by Crippen LogP contribution is -2.02. The van der Waals surface area contributed by atoms with Gasteiger partial charge in [0.25, 0.3) is 0 Å². The van der Waals surface area contributed by atoms with Crippen LogP contribution in [0.1, 0.15) is 16.7 Å². The second kappa shape index (κ2) is 6.87. The third-order valence-corrected chi connectivity index (χ3v) is 2.97. The maximum Gasteiger partial charge on any atom is 0.132 e. The first kappa shape index (κ1) is 15.0. The molecule has 0 spiro atoms. The van der Waals surface area contributed by atoms with Crippen molar-refractivity contribution in [2.24, 2.45) is 5.73 Å². The Kier molecular flexibility index (Phi) is 4.91. The molecule has 2 N–H and O–H groups in total. The fourth-order valence-electron chi connectivity index (χ4n) is 1.84. The predicted octanol–water partition coefficient (Wildman–Crippen LogP) is 3.16. The van der Waals surface area contributed by atoms with E-state index in [-0.39, 0.29) is 12.2 Å². The summed E-state index contributed by atoms with van der Waals surface area (Å²) in [6.07, 6.45) is 0. The van der Waals surface area contributed by atoms with Gasteiger partial charge >= 0.3 is 0 Å². The van der Waals surface area contributed by atoms with Gasteiger partial charge in [-0.3, -0.25) is 0 Å². The molecule has 4 heteroatoms. The van der Waals surface area contributed by atoms with Crippen LogP contribution in [0.5, 0.6) is 5.75 Å². The van der Waals surface area contributed by atoms with Crippen LogP contribution >= 0.6 is 0 Å². The minimum Gasteiger partial charge on any atom is -0.489 e. The molecule has 0 saturated carbocycles. The van der Waals surface area contributed by atoms with Gasteiger partial charge in [0.1, 0.15) is 24.0 Å². The number of ether oxygens (including phenoxy) is 1. The quantitative estimate of drug-likeness (QED) is 0.880. The Hall–Kier alpha value is -2.38. The Morgan fingerprint density at radius 1 is 1.14 bits per heavy atom. The van der Waals surface area contributed by atoms with E-state index in [1.165, 1.54) is 18.2 Å². The summed E-state index contributed by atoms with van der Waals surface area (Å²) in [6, 6.07) is 9.02. The van der Waals surface area contributed by atoms with Crippen LogP contribution in [0.15, 0.2) is 36.4 Å². The van der Waals surface area contributed by atoms with Crippen molar-refractivity contribution >= 4 is 0 Å². The second-order valence-corrected chi connectivity index (χ2v) is 4.47. The van der Waals surface area contributed by atoms with Gasteiger partial charge in [-0.1, -0.05) is 17.9 Å². The summed E-state index contributed by atoms with van der Waals surface area (Å²) < 4.78 is 32.4. The minimum atomic E-state index is -0.614. The first-order valence-electron chi connectivity index (χ1n) is 6.47. The molecule has 0 atom stereocenters. The summed E-state index contributed by atoms with van der Waals surface area (Å²) in [4.78, 5) is 0. The van der Waals surface area contributed by atoms with Crippen LogP contribution in [0, 0.1) is 30.4 Å². The molecule has 0 aliphatic carbocycles. The Bertz CT molecular complexity index is 681. The maximum absolute atomic E-state index is 13.5. The molecule has 0 saturated heterocycles. The zero-order valence-corrected chi connectivity index (χ0v) is 11.6. The molecule has 0 aliphatic rings. The number of aryl methyl sites for hydroxylation is 1. The molecule has 0 heterocycles. The largest absolute Gasteiger partial charge is 0.489 e. The highest BCUT2D eigenvalue weighted by Gasteiger charge is 2.09. The van der Waals surface area contributed by atoms with E-state index in [9.17, 15) is 8.78 Å². The molecule has 2 rings (SSSR count). The van der Waals surface area contributed by atoms with Crippen LogP contribution in [-0.4, -0.2) is 6.54 Å². The standard InChI is InChI=1S/C17H15F2NO/c1-12-10-14(8-7-13(12)4-3-9-20)21-11-15-16(18)5-2-6-17(15)19/h2,5-8,10H,9,11,20H2,1H3. The van der Waals surface area contributed by atoms with Gasteiger partial charge in [-0.05, 0) is 42.8 Å². The predicted molar refractivity (Wildman–Crippen MR) is 77.8 cm³/mol. The molecular formula is C17H15F2NO. The summed E-state index contributed by atoms with van der Waals surface area (Å²) in [6.45, 7) is 2.02. The Balaban J connectivity index is 2.12. The lowest BCUT2D eigenvalue weighted by Gasteiger charge is -2.09. The van der Waals surface area contributed by atoms with Gasteiger partial charge < -0.3 is 10.5 Å². The van der Waals surface area contributed by atoms with Crippen LogP contribution in [0.2, 0.25) is 0 Å². The topological polar surface area (TPSA) is 35.2 Å². The van der Waals surface area contributed by atoms with Crippen LogP contribution in [0.4, 0.5) is 8.78 Å². The Morgan fingerprint density at radius 3 is 2.48 bits per heavy atom. The van der Waals surface area contributed by atoms with Gasteiger partial charge in [-0.15, -0.1) is 0 Å². The first-order chi connectivity index (χ1) is 10.1. The molecule has 0 aromatic heterocycles. The molecule has 2 nitrogen and oxygen atoms in total. The SMILES string of the molecule is Cc1cc(OCc2c(F)cccc2F)ccc1C#CCN. The molecular weight excluding hydrogens is 272 g/mol. The number of hydrogen-bond donors (Lipinski definition) is 1. The first-order valence-corrected chi connectivity index (χ1v) is 6.47. The van der Waals surface area contributed by atoms with Crippen molar-refractivity contribution in [3.05, 3.63) is 64.7 Å². The summed E-state index contributed by atoms with van der Waals surface area (Å²) in [5.41, 5.74) is 7.02. The normalized spacial score (nSPS) is 9.90. The molecule has 0 unspecified atom stereocenters. The monoisotopic (exact) mass is 287 g/mol. The van der Waals surface area contributed by atoms with Crippen molar-refractivity contribution in [1.29, 1.82) is 0 Å². The lowest BCUT2D eigenvalue weighted by molar-refractivity contribution is 0.292. The van der Waals surface area contributed by atoms with E-state index in [0.717, 1.165) is 11.1 Å². The molecule has 21 heavy (non-hydrogen) atoms. The van der Waals surface area contributed by atoms with Gasteiger partial charge in [0, 0.05) is 5.56 Å². The van der Waals surface area contributed by atoms with Crippen molar-refractivity contribution in [3.8, 4) is 17.6 Å². The van der Waals surface area contributed by atoms with E-state index in [1.54, 1.807) is 18.2 Å². The molecule has 0 fully saturated rings. The number of halogens is 2. The van der Waals surface area contributed by atoms with Gasteiger partial charge in [-0.2, -0.15) is 0 Å². The van der Waals surface area contributed by atoms with Gasteiger partial charge in [0.15, 0.2) is 0 Å². The van der Waals surface area contributed by atoms with Crippen molar-refractivity contribution in [1.82, 2.24) is 0 Å². The van der Waals surface area contributed by atoms with Gasteiger partial charge in [0.2, 0.25) is 0 Å². The molecule has 108 valence electrons. The van der Waals surface area contributed by atoms with Crippen molar-refractivity contribution in [3.63, 3.8) is 0 Å². The summed E-state index contributed by atoms with van der Waals surface area (Å²) in [7, 11) is 0. The number of rotatable bonds is 3. The third-order valence-electron chi connectivity index (χ3n) is 2.97. The summed E-state index contributed by atoms with van der Waals surface area (Å²) in [5, 5.41) is 0. The summed E-state index contributed by atoms with van der Waals surface area (Å²) >= 11 is 0. The van der Waals surface area contributed by atoms with E-state index < -0.39 is 11.6 Å². The lowest BCUT2D eigenvalue weighted by atomic mass is 10.1. The van der Waals surface area contributed by atoms with E-state index in [4.69, 9.17) is 10.5 Å². The second-order valence-electron chi connectivity index (χ2n) is 4.47. The van der Waals surface area contributed by atoms with Crippen LogP contribution in [-0.2, 0) is 6.61 Å². The van der Waals surface area contributed by atoms with E-state index >= 15 is 0 Å². The number of nitrogens with two attached hydrogens (primary N) is 1. The Labute approximate surface area is 122 Å². The highest BCUT2D eigenvalue weighted by Crippen LogP contribution is 2.20. The highest BCUT2D eigenvalue weighted by molar-refractivity contribution is 5.44. The van der Waals surface area contributed by atoms with E-state index in [0.29, 0.717) is 12.3 Å². The van der Waals surface area contributed by atoms with Crippen LogP contribution in [0.3, 0.4) is 0 Å². The van der Waals surface area contributed by atoms with Crippen molar-refractivity contribution in [2.75, 3.05) is 6.54 Å². The average Bonchev–Trinajstić information content (AvgIpc) is 2.46. The number of benzene rings is 2. The third kappa shape index (κ3) is 3.80. The van der Waals surface area contributed by atoms with Crippen molar-refractivity contribution < 1.29 is 13.5 Å². The van der Waals surface area contributed by atoms with Crippen LogP contribution < -0.4 is 10.5 Å². The molecule has 0 aliphatic heterocycles. The molecule has 0 bridgehead atoms. The number of hydrogen-bond acceptors (Lipinski definition) is 2. The average molecular weight is 287 g/mol.